The summed E-state index contributed by atoms with van der Waals surface area (Å²) in [4.78, 5) is 13.4. The highest BCUT2D eigenvalue weighted by Gasteiger charge is 2.09. The van der Waals surface area contributed by atoms with E-state index in [9.17, 15) is 4.79 Å². The maximum atomic E-state index is 10.8. The van der Waals surface area contributed by atoms with Gasteiger partial charge >= 0.3 is 5.69 Å². The zero-order valence-electron chi connectivity index (χ0n) is 8.81. The molecular formula is C11H14N4O. The summed E-state index contributed by atoms with van der Waals surface area (Å²) in [5.74, 6) is 0.515. The predicted molar refractivity (Wildman–Crippen MR) is 60.9 cm³/mol. The topological polar surface area (TPSA) is 87.6 Å². The number of hydrogen-bond donors (Lipinski definition) is 3. The number of nitrogens with two attached hydrogens (primary N) is 1. The first kappa shape index (κ1) is 10.6. The van der Waals surface area contributed by atoms with Gasteiger partial charge in [-0.15, -0.1) is 0 Å². The van der Waals surface area contributed by atoms with Crippen LogP contribution in [0.5, 0.6) is 0 Å². The Labute approximate surface area is 92.7 Å². The van der Waals surface area contributed by atoms with Crippen LogP contribution < -0.4 is 11.4 Å². The molecule has 0 fully saturated rings. The van der Waals surface area contributed by atoms with Crippen molar-refractivity contribution >= 4 is 0 Å². The van der Waals surface area contributed by atoms with Crippen molar-refractivity contribution in [2.45, 2.75) is 18.9 Å². The molecule has 0 amide bonds. The van der Waals surface area contributed by atoms with E-state index in [1.165, 1.54) is 5.56 Å². The number of aromatic nitrogens is 3. The molecule has 1 aromatic heterocycles. The fourth-order valence-corrected chi connectivity index (χ4v) is 1.56. The molecule has 4 N–H and O–H groups in total. The zero-order chi connectivity index (χ0) is 11.4. The first-order chi connectivity index (χ1) is 7.75. The second kappa shape index (κ2) is 4.76. The van der Waals surface area contributed by atoms with Crippen LogP contribution in [-0.4, -0.2) is 15.2 Å². The second-order valence-electron chi connectivity index (χ2n) is 3.69. The van der Waals surface area contributed by atoms with Crippen LogP contribution in [0.25, 0.3) is 0 Å². The molecule has 0 radical (unpaired) electrons. The normalized spacial score (nSPS) is 12.6. The summed E-state index contributed by atoms with van der Waals surface area (Å²) in [7, 11) is 0. The Hall–Kier alpha value is -1.88. The maximum Gasteiger partial charge on any atom is 0.340 e. The standard InChI is InChI=1S/C11H14N4O/c12-9(10-13-11(16)15-14-10)7-6-8-4-2-1-3-5-8/h1-5,9H,6-7,12H2,(H2,13,14,15,16)/t9-/m0/s1. The summed E-state index contributed by atoms with van der Waals surface area (Å²) >= 11 is 0. The Balaban J connectivity index is 1.94. The highest BCUT2D eigenvalue weighted by atomic mass is 16.1. The smallest absolute Gasteiger partial charge is 0.321 e. The summed E-state index contributed by atoms with van der Waals surface area (Å²) in [5.41, 5.74) is 6.82. The maximum absolute atomic E-state index is 10.8. The third-order valence-corrected chi connectivity index (χ3v) is 2.46. The molecule has 0 unspecified atom stereocenters. The van der Waals surface area contributed by atoms with Crippen molar-refractivity contribution in [1.29, 1.82) is 0 Å². The molecule has 1 aromatic carbocycles. The second-order valence-corrected chi connectivity index (χ2v) is 3.69. The highest BCUT2D eigenvalue weighted by molar-refractivity contribution is 5.15. The van der Waals surface area contributed by atoms with Crippen LogP contribution in [0.15, 0.2) is 35.1 Å². The molecule has 2 rings (SSSR count). The van der Waals surface area contributed by atoms with Gasteiger partial charge in [-0.25, -0.2) is 9.89 Å². The molecular weight excluding hydrogens is 204 g/mol. The van der Waals surface area contributed by atoms with E-state index in [2.05, 4.69) is 27.3 Å². The summed E-state index contributed by atoms with van der Waals surface area (Å²) in [5, 5.41) is 6.12. The summed E-state index contributed by atoms with van der Waals surface area (Å²) in [6.07, 6.45) is 1.63. The first-order valence-corrected chi connectivity index (χ1v) is 5.20. The van der Waals surface area contributed by atoms with Crippen LogP contribution >= 0.6 is 0 Å². The van der Waals surface area contributed by atoms with Gasteiger partial charge in [0, 0.05) is 0 Å². The monoisotopic (exact) mass is 218 g/mol. The largest absolute Gasteiger partial charge is 0.340 e. The van der Waals surface area contributed by atoms with E-state index in [1.807, 2.05) is 18.2 Å². The van der Waals surface area contributed by atoms with Gasteiger partial charge in [0.05, 0.1) is 6.04 Å². The van der Waals surface area contributed by atoms with Crippen LogP contribution in [0.3, 0.4) is 0 Å². The summed E-state index contributed by atoms with van der Waals surface area (Å²) < 4.78 is 0. The van der Waals surface area contributed by atoms with Crippen molar-refractivity contribution < 1.29 is 0 Å². The Morgan fingerprint density at radius 2 is 2.06 bits per heavy atom. The van der Waals surface area contributed by atoms with E-state index in [4.69, 9.17) is 5.73 Å². The van der Waals surface area contributed by atoms with Crippen molar-refractivity contribution in [3.05, 3.63) is 52.2 Å². The van der Waals surface area contributed by atoms with Gasteiger partial charge in [-0.1, -0.05) is 30.3 Å². The molecule has 0 spiro atoms. The van der Waals surface area contributed by atoms with Gasteiger partial charge in [-0.2, -0.15) is 5.10 Å². The molecule has 0 aliphatic carbocycles. The number of benzene rings is 1. The SMILES string of the molecule is N[C@@H](CCc1ccccc1)c1n[nH]c(=O)[nH]1. The zero-order valence-corrected chi connectivity index (χ0v) is 8.81. The molecule has 16 heavy (non-hydrogen) atoms. The van der Waals surface area contributed by atoms with Gasteiger partial charge in [-0.05, 0) is 18.4 Å². The Bertz CT molecular complexity index is 488. The minimum atomic E-state index is -0.315. The van der Waals surface area contributed by atoms with Crippen molar-refractivity contribution in [2.24, 2.45) is 5.73 Å². The fourth-order valence-electron chi connectivity index (χ4n) is 1.56. The Kier molecular flexibility index (Phi) is 3.16. The van der Waals surface area contributed by atoms with E-state index in [-0.39, 0.29) is 11.7 Å². The van der Waals surface area contributed by atoms with Gasteiger partial charge in [0.15, 0.2) is 0 Å². The van der Waals surface area contributed by atoms with E-state index in [0.717, 1.165) is 12.8 Å². The number of aryl methyl sites for hydroxylation is 1. The van der Waals surface area contributed by atoms with Crippen LogP contribution in [0.4, 0.5) is 0 Å². The van der Waals surface area contributed by atoms with Crippen molar-refractivity contribution in [2.75, 3.05) is 0 Å². The summed E-state index contributed by atoms with van der Waals surface area (Å²) in [6, 6.07) is 9.85. The lowest BCUT2D eigenvalue weighted by molar-refractivity contribution is 0.615. The van der Waals surface area contributed by atoms with Gasteiger partial charge in [0.25, 0.3) is 0 Å². The van der Waals surface area contributed by atoms with Gasteiger partial charge in [-0.3, -0.25) is 4.98 Å². The Morgan fingerprint density at radius 3 is 2.69 bits per heavy atom. The minimum absolute atomic E-state index is 0.237. The lowest BCUT2D eigenvalue weighted by Crippen LogP contribution is -2.14. The average molecular weight is 218 g/mol. The molecule has 84 valence electrons. The van der Waals surface area contributed by atoms with Crippen LogP contribution in [0.1, 0.15) is 23.9 Å². The number of rotatable bonds is 4. The van der Waals surface area contributed by atoms with E-state index in [0.29, 0.717) is 5.82 Å². The van der Waals surface area contributed by atoms with E-state index >= 15 is 0 Å². The van der Waals surface area contributed by atoms with Gasteiger partial charge in [0.1, 0.15) is 5.82 Å². The molecule has 5 heteroatoms. The molecule has 0 bridgehead atoms. The Morgan fingerprint density at radius 1 is 1.31 bits per heavy atom. The molecule has 0 aliphatic heterocycles. The molecule has 0 aliphatic rings. The molecule has 5 nitrogen and oxygen atoms in total. The lowest BCUT2D eigenvalue weighted by atomic mass is 10.1. The van der Waals surface area contributed by atoms with Crippen molar-refractivity contribution in [3.63, 3.8) is 0 Å². The van der Waals surface area contributed by atoms with Crippen LogP contribution in [0.2, 0.25) is 0 Å². The third kappa shape index (κ3) is 2.58. The van der Waals surface area contributed by atoms with E-state index < -0.39 is 0 Å². The molecule has 1 atom stereocenters. The molecule has 1 heterocycles. The number of hydrogen-bond acceptors (Lipinski definition) is 3. The van der Waals surface area contributed by atoms with Crippen LogP contribution in [0, 0.1) is 0 Å². The van der Waals surface area contributed by atoms with Gasteiger partial charge in [0.2, 0.25) is 0 Å². The molecule has 2 aromatic rings. The third-order valence-electron chi connectivity index (χ3n) is 2.46. The number of nitrogens with zero attached hydrogens (tertiary/aromatic N) is 1. The number of H-pyrrole nitrogens is 2. The summed E-state index contributed by atoms with van der Waals surface area (Å²) in [6.45, 7) is 0. The number of aromatic amines is 2. The average Bonchev–Trinajstić information content (AvgIpc) is 2.74. The minimum Gasteiger partial charge on any atom is -0.321 e. The lowest BCUT2D eigenvalue weighted by Gasteiger charge is -2.07. The fraction of sp³-hybridized carbons (Fsp3) is 0.273. The number of nitrogens with one attached hydrogen (secondary N) is 2. The van der Waals surface area contributed by atoms with Crippen molar-refractivity contribution in [1.82, 2.24) is 15.2 Å². The quantitative estimate of drug-likeness (QED) is 0.707. The molecule has 0 saturated heterocycles. The van der Waals surface area contributed by atoms with E-state index in [1.54, 1.807) is 0 Å². The first-order valence-electron chi connectivity index (χ1n) is 5.20. The highest BCUT2D eigenvalue weighted by Crippen LogP contribution is 2.11. The predicted octanol–water partition coefficient (Wildman–Crippen LogP) is 0.731. The molecule has 0 saturated carbocycles. The van der Waals surface area contributed by atoms with Gasteiger partial charge < -0.3 is 5.73 Å². The van der Waals surface area contributed by atoms with Crippen molar-refractivity contribution in [3.8, 4) is 0 Å². The van der Waals surface area contributed by atoms with Crippen LogP contribution in [-0.2, 0) is 6.42 Å².